The average Bonchev–Trinajstić information content (AvgIpc) is 3.27. The van der Waals surface area contributed by atoms with Gasteiger partial charge in [0.05, 0.1) is 32.0 Å². The van der Waals surface area contributed by atoms with E-state index in [-0.39, 0.29) is 12.5 Å². The first-order chi connectivity index (χ1) is 30.1. The minimum Gasteiger partial charge on any atom is -0.394 e. The Balaban J connectivity index is 1.84. The zero-order chi connectivity index (χ0) is 45.4. The lowest BCUT2D eigenvalue weighted by Gasteiger charge is -2.46. The number of hydrogen-bond acceptors (Lipinski definition) is 13. The first-order valence-corrected chi connectivity index (χ1v) is 25.3. The van der Waals surface area contributed by atoms with Gasteiger partial charge in [-0.2, -0.15) is 0 Å². The average molecular weight is 892 g/mol. The third-order valence-electron chi connectivity index (χ3n) is 12.8. The Kier molecular flexibility index (Phi) is 33.3. The lowest BCUT2D eigenvalue weighted by atomic mass is 9.97. The van der Waals surface area contributed by atoms with Crippen molar-refractivity contribution in [3.8, 4) is 0 Å². The maximum Gasteiger partial charge on any atom is 0.220 e. The lowest BCUT2D eigenvalue weighted by Crippen LogP contribution is -2.65. The monoisotopic (exact) mass is 892 g/mol. The highest BCUT2D eigenvalue weighted by Gasteiger charge is 2.51. The summed E-state index contributed by atoms with van der Waals surface area (Å²) in [5.74, 6) is -0.205. The Bertz CT molecular complexity index is 1060. The second kappa shape index (κ2) is 36.2. The summed E-state index contributed by atoms with van der Waals surface area (Å²) in [4.78, 5) is 13.2. The predicted molar refractivity (Wildman–Crippen MR) is 240 cm³/mol. The highest BCUT2D eigenvalue weighted by atomic mass is 16.7. The van der Waals surface area contributed by atoms with Crippen molar-refractivity contribution in [1.29, 1.82) is 0 Å². The topological polar surface area (TPSA) is 228 Å². The number of nitrogens with one attached hydrogen (secondary N) is 1. The Morgan fingerprint density at radius 1 is 0.516 bits per heavy atom. The second-order valence-electron chi connectivity index (χ2n) is 18.3. The Labute approximate surface area is 374 Å². The number of carbonyl (C=O) groups is 1. The standard InChI is InChI=1S/C48H93NO13/c1-3-5-7-9-11-13-15-17-18-20-22-24-26-28-30-32-40(53)49-36(37(52)31-29-27-25-23-21-19-16-14-12-10-8-6-4-2)35-59-47-45(58)43(56)46(39(34-51)61-47)62-48-44(57)42(55)41(54)38(33-50)60-48/h36-39,41-48,50-52,54-58H,3-35H2,1-2H3,(H,49,53)/t36-,37+,38+,39+,41-,42-,43+,44+,45+,46+,47-,48-/m0/s1. The van der Waals surface area contributed by atoms with E-state index in [1.54, 1.807) is 0 Å². The molecule has 0 bridgehead atoms. The minimum absolute atomic E-state index is 0.205. The molecule has 0 saturated carbocycles. The van der Waals surface area contributed by atoms with Crippen LogP contribution in [0.2, 0.25) is 0 Å². The molecule has 2 heterocycles. The summed E-state index contributed by atoms with van der Waals surface area (Å²) in [6.45, 7) is 2.85. The Morgan fingerprint density at radius 2 is 0.919 bits per heavy atom. The molecule has 1 amide bonds. The number of amides is 1. The zero-order valence-electron chi connectivity index (χ0n) is 38.9. The van der Waals surface area contributed by atoms with Crippen LogP contribution in [0, 0.1) is 0 Å². The van der Waals surface area contributed by atoms with Gasteiger partial charge in [-0.15, -0.1) is 0 Å². The summed E-state index contributed by atoms with van der Waals surface area (Å²) >= 11 is 0. The van der Waals surface area contributed by atoms with E-state index in [0.717, 1.165) is 51.4 Å². The van der Waals surface area contributed by atoms with E-state index < -0.39 is 86.8 Å². The molecular formula is C48H93NO13. The molecular weight excluding hydrogens is 799 g/mol. The molecule has 2 aliphatic rings. The van der Waals surface area contributed by atoms with E-state index in [9.17, 15) is 45.6 Å². The highest BCUT2D eigenvalue weighted by molar-refractivity contribution is 5.76. The molecule has 2 rings (SSSR count). The normalized spacial score (nSPS) is 27.6. The largest absolute Gasteiger partial charge is 0.394 e. The van der Waals surface area contributed by atoms with Crippen LogP contribution in [0.3, 0.4) is 0 Å². The SMILES string of the molecule is CCCCCCCCCCCCCCCCCC(=O)N[C@@H](CO[C@H]1O[C@H](CO)[C@@H](O[C@@H]2O[C@H](CO)[C@H](O)[C@H](O)[C@H]2O)[C@H](O)[C@H]1O)[C@H](O)CCCCCCCCCCCCCCC. The maximum absolute atomic E-state index is 13.2. The van der Waals surface area contributed by atoms with E-state index in [1.165, 1.54) is 128 Å². The third-order valence-corrected chi connectivity index (χ3v) is 12.8. The quantitative estimate of drug-likeness (QED) is 0.0313. The van der Waals surface area contributed by atoms with Gasteiger partial charge in [0.2, 0.25) is 5.91 Å². The fraction of sp³-hybridized carbons (Fsp3) is 0.979. The second-order valence-corrected chi connectivity index (χ2v) is 18.3. The van der Waals surface area contributed by atoms with Crippen LogP contribution in [0.1, 0.15) is 206 Å². The molecule has 0 spiro atoms. The number of carbonyl (C=O) groups excluding carboxylic acids is 1. The van der Waals surface area contributed by atoms with Gasteiger partial charge in [0.25, 0.3) is 0 Å². The fourth-order valence-electron chi connectivity index (χ4n) is 8.65. The molecule has 0 unspecified atom stereocenters. The van der Waals surface area contributed by atoms with Crippen LogP contribution in [0.15, 0.2) is 0 Å². The molecule has 0 aromatic rings. The molecule has 0 aliphatic carbocycles. The first-order valence-electron chi connectivity index (χ1n) is 25.3. The van der Waals surface area contributed by atoms with Gasteiger partial charge >= 0.3 is 0 Å². The third kappa shape index (κ3) is 23.4. The van der Waals surface area contributed by atoms with Crippen molar-refractivity contribution < 1.29 is 64.6 Å². The minimum atomic E-state index is -1.78. The van der Waals surface area contributed by atoms with Gasteiger partial charge in [0, 0.05) is 6.42 Å². The molecule has 2 fully saturated rings. The van der Waals surface area contributed by atoms with Crippen molar-refractivity contribution >= 4 is 5.91 Å². The Morgan fingerprint density at radius 3 is 1.37 bits per heavy atom. The molecule has 0 radical (unpaired) electrons. The van der Waals surface area contributed by atoms with Gasteiger partial charge < -0.3 is 65.1 Å². The van der Waals surface area contributed by atoms with Crippen molar-refractivity contribution in [3.05, 3.63) is 0 Å². The first kappa shape index (κ1) is 57.1. The molecule has 12 atom stereocenters. The number of aliphatic hydroxyl groups is 8. The van der Waals surface area contributed by atoms with Crippen molar-refractivity contribution in [2.75, 3.05) is 19.8 Å². The molecule has 2 saturated heterocycles. The van der Waals surface area contributed by atoms with E-state index in [0.29, 0.717) is 12.8 Å². The zero-order valence-corrected chi connectivity index (χ0v) is 38.9. The van der Waals surface area contributed by atoms with Crippen molar-refractivity contribution in [1.82, 2.24) is 5.32 Å². The van der Waals surface area contributed by atoms with Gasteiger partial charge in [0.15, 0.2) is 12.6 Å². The summed E-state index contributed by atoms with van der Waals surface area (Å²) in [6.07, 6.45) is 18.1. The van der Waals surface area contributed by atoms with Gasteiger partial charge in [-0.3, -0.25) is 4.79 Å². The van der Waals surface area contributed by atoms with E-state index >= 15 is 0 Å². The molecule has 62 heavy (non-hydrogen) atoms. The molecule has 14 nitrogen and oxygen atoms in total. The van der Waals surface area contributed by atoms with Crippen LogP contribution in [0.5, 0.6) is 0 Å². The molecule has 9 N–H and O–H groups in total. The molecule has 14 heteroatoms. The maximum atomic E-state index is 13.2. The summed E-state index contributed by atoms with van der Waals surface area (Å²) in [7, 11) is 0. The molecule has 368 valence electrons. The van der Waals surface area contributed by atoms with Crippen LogP contribution in [-0.4, -0.2) is 140 Å². The lowest BCUT2D eigenvalue weighted by molar-refractivity contribution is -0.359. The predicted octanol–water partition coefficient (Wildman–Crippen LogP) is 6.22. The van der Waals surface area contributed by atoms with E-state index in [2.05, 4.69) is 19.2 Å². The van der Waals surface area contributed by atoms with Crippen LogP contribution >= 0.6 is 0 Å². The van der Waals surface area contributed by atoms with Crippen molar-refractivity contribution in [2.24, 2.45) is 0 Å². The van der Waals surface area contributed by atoms with Gasteiger partial charge in [0.1, 0.15) is 48.8 Å². The number of aliphatic hydroxyl groups excluding tert-OH is 8. The van der Waals surface area contributed by atoms with Crippen LogP contribution in [0.4, 0.5) is 0 Å². The molecule has 2 aliphatic heterocycles. The van der Waals surface area contributed by atoms with Gasteiger partial charge in [-0.1, -0.05) is 187 Å². The highest BCUT2D eigenvalue weighted by Crippen LogP contribution is 2.30. The van der Waals surface area contributed by atoms with Crippen LogP contribution < -0.4 is 5.32 Å². The smallest absolute Gasteiger partial charge is 0.220 e. The molecule has 0 aromatic carbocycles. The van der Waals surface area contributed by atoms with Gasteiger partial charge in [-0.25, -0.2) is 0 Å². The number of rotatable bonds is 39. The summed E-state index contributed by atoms with van der Waals surface area (Å²) in [6, 6.07) is -0.820. The number of unbranched alkanes of at least 4 members (excludes halogenated alkanes) is 26. The van der Waals surface area contributed by atoms with Crippen molar-refractivity contribution in [2.45, 2.75) is 280 Å². The Hall–Kier alpha value is -1.01. The van der Waals surface area contributed by atoms with Crippen LogP contribution in [-0.2, 0) is 23.7 Å². The van der Waals surface area contributed by atoms with E-state index in [4.69, 9.17) is 18.9 Å². The van der Waals surface area contributed by atoms with Crippen LogP contribution in [0.25, 0.3) is 0 Å². The summed E-state index contributed by atoms with van der Waals surface area (Å²) < 4.78 is 22.7. The number of hydrogen-bond donors (Lipinski definition) is 9. The van der Waals surface area contributed by atoms with Crippen molar-refractivity contribution in [3.63, 3.8) is 0 Å². The summed E-state index contributed by atoms with van der Waals surface area (Å²) in [5, 5.41) is 86.8. The fourth-order valence-corrected chi connectivity index (χ4v) is 8.65. The molecule has 0 aromatic heterocycles. The number of ether oxygens (including phenoxy) is 4. The van der Waals surface area contributed by atoms with E-state index in [1.807, 2.05) is 0 Å². The summed E-state index contributed by atoms with van der Waals surface area (Å²) in [5.41, 5.74) is 0. The van der Waals surface area contributed by atoms with Gasteiger partial charge in [-0.05, 0) is 12.8 Å².